The van der Waals surface area contributed by atoms with Crippen molar-refractivity contribution in [1.29, 1.82) is 0 Å². The Morgan fingerprint density at radius 2 is 2.43 bits per heavy atom. The number of pyridine rings is 1. The van der Waals surface area contributed by atoms with E-state index in [4.69, 9.17) is 5.11 Å². The van der Waals surface area contributed by atoms with Gasteiger partial charge in [0.2, 0.25) is 0 Å². The Kier molecular flexibility index (Phi) is 3.45. The minimum atomic E-state index is -0.931. The first-order valence-electron chi connectivity index (χ1n) is 4.59. The van der Waals surface area contributed by atoms with Gasteiger partial charge >= 0.3 is 5.97 Å². The first-order chi connectivity index (χ1) is 6.63. The standard InChI is InChI=1S/C10H14N2O2/c1-3-7(2)12-9-6-8(10(13)14)4-5-11-9/h4-7H,3H2,1-2H3,(H,11,12)(H,13,14)/t7-/m0/s1. The molecule has 0 saturated heterocycles. The molecule has 0 unspecified atom stereocenters. The fourth-order valence-electron chi connectivity index (χ4n) is 0.997. The smallest absolute Gasteiger partial charge is 0.335 e. The number of hydrogen-bond acceptors (Lipinski definition) is 3. The fourth-order valence-corrected chi connectivity index (χ4v) is 0.997. The van der Waals surface area contributed by atoms with Gasteiger partial charge in [-0.15, -0.1) is 0 Å². The van der Waals surface area contributed by atoms with Gasteiger partial charge in [-0.1, -0.05) is 6.92 Å². The zero-order valence-electron chi connectivity index (χ0n) is 8.32. The van der Waals surface area contributed by atoms with Crippen LogP contribution in [0.2, 0.25) is 0 Å². The van der Waals surface area contributed by atoms with Gasteiger partial charge in [-0.3, -0.25) is 0 Å². The van der Waals surface area contributed by atoms with Crippen LogP contribution in [0, 0.1) is 0 Å². The Bertz CT molecular complexity index is 326. The number of nitrogens with one attached hydrogen (secondary N) is 1. The van der Waals surface area contributed by atoms with Crippen LogP contribution in [0.5, 0.6) is 0 Å². The normalized spacial score (nSPS) is 12.1. The molecule has 1 atom stereocenters. The number of aromatic nitrogens is 1. The molecule has 0 aliphatic rings. The molecule has 0 fully saturated rings. The van der Waals surface area contributed by atoms with Gasteiger partial charge in [0.05, 0.1) is 5.56 Å². The second-order valence-electron chi connectivity index (χ2n) is 3.19. The second-order valence-corrected chi connectivity index (χ2v) is 3.19. The molecule has 0 amide bonds. The highest BCUT2D eigenvalue weighted by atomic mass is 16.4. The average molecular weight is 194 g/mol. The maximum atomic E-state index is 10.7. The average Bonchev–Trinajstić information content (AvgIpc) is 2.18. The third-order valence-corrected chi connectivity index (χ3v) is 2.01. The summed E-state index contributed by atoms with van der Waals surface area (Å²) in [5.74, 6) is -0.321. The Balaban J connectivity index is 2.78. The zero-order chi connectivity index (χ0) is 10.6. The van der Waals surface area contributed by atoms with E-state index in [1.54, 1.807) is 0 Å². The maximum Gasteiger partial charge on any atom is 0.335 e. The van der Waals surface area contributed by atoms with Gasteiger partial charge in [-0.05, 0) is 25.5 Å². The molecule has 0 spiro atoms. The molecule has 4 heteroatoms. The molecule has 76 valence electrons. The van der Waals surface area contributed by atoms with Gasteiger partial charge in [0.25, 0.3) is 0 Å². The number of carboxylic acids is 1. The van der Waals surface area contributed by atoms with Crippen molar-refractivity contribution in [3.8, 4) is 0 Å². The number of nitrogens with zero attached hydrogens (tertiary/aromatic N) is 1. The lowest BCUT2D eigenvalue weighted by atomic mass is 10.2. The van der Waals surface area contributed by atoms with E-state index >= 15 is 0 Å². The summed E-state index contributed by atoms with van der Waals surface area (Å²) in [5.41, 5.74) is 0.255. The third-order valence-electron chi connectivity index (χ3n) is 2.01. The largest absolute Gasteiger partial charge is 0.478 e. The molecular weight excluding hydrogens is 180 g/mol. The summed E-state index contributed by atoms with van der Waals surface area (Å²) in [4.78, 5) is 14.7. The molecule has 4 nitrogen and oxygen atoms in total. The lowest BCUT2D eigenvalue weighted by Gasteiger charge is -2.11. The van der Waals surface area contributed by atoms with Crippen molar-refractivity contribution in [3.63, 3.8) is 0 Å². The SMILES string of the molecule is CC[C@H](C)Nc1cc(C(=O)O)ccn1. The van der Waals surface area contributed by atoms with Crippen LogP contribution >= 0.6 is 0 Å². The Morgan fingerprint density at radius 1 is 1.71 bits per heavy atom. The van der Waals surface area contributed by atoms with E-state index in [1.807, 2.05) is 6.92 Å². The first kappa shape index (κ1) is 10.5. The van der Waals surface area contributed by atoms with Crippen LogP contribution in [0.25, 0.3) is 0 Å². The number of anilines is 1. The summed E-state index contributed by atoms with van der Waals surface area (Å²) < 4.78 is 0. The summed E-state index contributed by atoms with van der Waals surface area (Å²) in [5, 5.41) is 11.9. The Labute approximate surface area is 83.0 Å². The van der Waals surface area contributed by atoms with E-state index in [1.165, 1.54) is 18.3 Å². The van der Waals surface area contributed by atoms with Gasteiger partial charge in [0.1, 0.15) is 5.82 Å². The molecule has 1 aromatic heterocycles. The molecule has 2 N–H and O–H groups in total. The van der Waals surface area contributed by atoms with E-state index in [2.05, 4.69) is 17.2 Å². The summed E-state index contributed by atoms with van der Waals surface area (Å²) >= 11 is 0. The predicted molar refractivity (Wildman–Crippen MR) is 54.6 cm³/mol. The number of carbonyl (C=O) groups is 1. The highest BCUT2D eigenvalue weighted by molar-refractivity contribution is 5.88. The molecule has 0 aromatic carbocycles. The van der Waals surface area contributed by atoms with Crippen molar-refractivity contribution in [1.82, 2.24) is 4.98 Å². The Morgan fingerprint density at radius 3 is 3.00 bits per heavy atom. The summed E-state index contributed by atoms with van der Waals surface area (Å²) in [6.07, 6.45) is 2.47. The van der Waals surface area contributed by atoms with Gasteiger partial charge in [-0.25, -0.2) is 9.78 Å². The van der Waals surface area contributed by atoms with Crippen LogP contribution in [0.3, 0.4) is 0 Å². The van der Waals surface area contributed by atoms with Crippen molar-refractivity contribution in [3.05, 3.63) is 23.9 Å². The highest BCUT2D eigenvalue weighted by Gasteiger charge is 2.05. The first-order valence-corrected chi connectivity index (χ1v) is 4.59. The van der Waals surface area contributed by atoms with Crippen LogP contribution < -0.4 is 5.32 Å². The second kappa shape index (κ2) is 4.60. The van der Waals surface area contributed by atoms with Gasteiger partial charge in [0.15, 0.2) is 0 Å². The van der Waals surface area contributed by atoms with Crippen molar-refractivity contribution in [2.24, 2.45) is 0 Å². The van der Waals surface area contributed by atoms with E-state index in [0.29, 0.717) is 11.9 Å². The van der Waals surface area contributed by atoms with Crippen LogP contribution in [-0.4, -0.2) is 22.1 Å². The summed E-state index contributed by atoms with van der Waals surface area (Å²) in [6, 6.07) is 3.31. The fraction of sp³-hybridized carbons (Fsp3) is 0.400. The highest BCUT2D eigenvalue weighted by Crippen LogP contribution is 2.08. The van der Waals surface area contributed by atoms with Crippen molar-refractivity contribution in [2.45, 2.75) is 26.3 Å². The van der Waals surface area contributed by atoms with Gasteiger partial charge in [-0.2, -0.15) is 0 Å². The van der Waals surface area contributed by atoms with Crippen LogP contribution in [-0.2, 0) is 0 Å². The molecule has 0 bridgehead atoms. The molecule has 0 radical (unpaired) electrons. The zero-order valence-corrected chi connectivity index (χ0v) is 8.32. The number of aromatic carboxylic acids is 1. The van der Waals surface area contributed by atoms with Crippen molar-refractivity contribution >= 4 is 11.8 Å². The van der Waals surface area contributed by atoms with E-state index in [9.17, 15) is 4.79 Å². The van der Waals surface area contributed by atoms with Crippen molar-refractivity contribution < 1.29 is 9.90 Å². The van der Waals surface area contributed by atoms with Crippen LogP contribution in [0.1, 0.15) is 30.6 Å². The third kappa shape index (κ3) is 2.73. The molecule has 1 rings (SSSR count). The molecule has 1 heterocycles. The summed E-state index contributed by atoms with van der Waals surface area (Å²) in [7, 11) is 0. The quantitative estimate of drug-likeness (QED) is 0.769. The van der Waals surface area contributed by atoms with Crippen LogP contribution in [0.4, 0.5) is 5.82 Å². The topological polar surface area (TPSA) is 62.2 Å². The number of hydrogen-bond donors (Lipinski definition) is 2. The van der Waals surface area contributed by atoms with E-state index < -0.39 is 5.97 Å². The van der Waals surface area contributed by atoms with Gasteiger partial charge in [0, 0.05) is 12.2 Å². The molecular formula is C10H14N2O2. The minimum absolute atomic E-state index is 0.255. The molecule has 0 aliphatic heterocycles. The van der Waals surface area contributed by atoms with E-state index in [0.717, 1.165) is 6.42 Å². The molecule has 1 aromatic rings. The Hall–Kier alpha value is -1.58. The predicted octanol–water partition coefficient (Wildman–Crippen LogP) is 1.99. The maximum absolute atomic E-state index is 10.7. The number of carboxylic acid groups (broad SMARTS) is 1. The molecule has 0 saturated carbocycles. The lowest BCUT2D eigenvalue weighted by Crippen LogP contribution is -2.14. The van der Waals surface area contributed by atoms with Gasteiger partial charge < -0.3 is 10.4 Å². The summed E-state index contributed by atoms with van der Waals surface area (Å²) in [6.45, 7) is 4.08. The molecule has 14 heavy (non-hydrogen) atoms. The molecule has 0 aliphatic carbocycles. The van der Waals surface area contributed by atoms with Crippen molar-refractivity contribution in [2.75, 3.05) is 5.32 Å². The monoisotopic (exact) mass is 194 g/mol. The number of rotatable bonds is 4. The minimum Gasteiger partial charge on any atom is -0.478 e. The van der Waals surface area contributed by atoms with E-state index in [-0.39, 0.29) is 5.56 Å². The lowest BCUT2D eigenvalue weighted by molar-refractivity contribution is 0.0697. The van der Waals surface area contributed by atoms with Crippen LogP contribution in [0.15, 0.2) is 18.3 Å².